The molecule has 1 saturated heterocycles. The predicted molar refractivity (Wildman–Crippen MR) is 206 cm³/mol. The Kier molecular flexibility index (Phi) is 24.8. The van der Waals surface area contributed by atoms with Gasteiger partial charge in [0.25, 0.3) is 0 Å². The van der Waals surface area contributed by atoms with E-state index in [0.29, 0.717) is 19.3 Å². The lowest BCUT2D eigenvalue weighted by atomic mass is 10.0. The highest BCUT2D eigenvalue weighted by Crippen LogP contribution is 2.18. The van der Waals surface area contributed by atoms with Crippen molar-refractivity contribution >= 4 is 52.5 Å². The molecule has 0 saturated carbocycles. The highest BCUT2D eigenvalue weighted by molar-refractivity contribution is 7.98. The van der Waals surface area contributed by atoms with Crippen LogP contribution in [0.2, 0.25) is 0 Å². The number of para-hydroxylation sites is 1. The summed E-state index contributed by atoms with van der Waals surface area (Å²) in [5, 5.41) is 46.1. The van der Waals surface area contributed by atoms with Crippen molar-refractivity contribution in [3.8, 4) is 0 Å². The van der Waals surface area contributed by atoms with E-state index in [9.17, 15) is 24.0 Å². The fraction of sp³-hybridized carbons (Fsp3) is 0.472. The number of nitrogens with two attached hydrogens (primary N) is 4. The van der Waals surface area contributed by atoms with Crippen LogP contribution in [0.15, 0.2) is 60.8 Å². The molecule has 6 atom stereocenters. The third kappa shape index (κ3) is 20.9. The Bertz CT molecular complexity index is 1520. The average Bonchev–Trinajstić information content (AvgIpc) is 3.83. The molecule has 0 unspecified atom stereocenters. The fourth-order valence-corrected chi connectivity index (χ4v) is 4.83. The Morgan fingerprint density at radius 2 is 1.34 bits per heavy atom. The van der Waals surface area contributed by atoms with Crippen molar-refractivity contribution in [3.63, 3.8) is 0 Å². The SMILES string of the molecule is CC[C@H](C)[C@H](N)C(=O)O.CSCC[C@H](N)C(=O)O.N[C@@H](Cc1c[nH]c2ccccc12)C(=O)O.N[C@@H](Cc1ccccc1)C(=O)O.O=C(O)[C@@H]1CCCN1. The Hall–Kier alpha value is -4.52. The van der Waals surface area contributed by atoms with Crippen molar-refractivity contribution in [2.45, 2.75) is 82.6 Å². The maximum Gasteiger partial charge on any atom is 0.320 e. The molecular formula is C36H56N6O10S. The Morgan fingerprint density at radius 3 is 1.77 bits per heavy atom. The van der Waals surface area contributed by atoms with Gasteiger partial charge in [-0.05, 0) is 67.3 Å². The molecule has 15 N–H and O–H groups in total. The van der Waals surface area contributed by atoms with E-state index in [0.717, 1.165) is 53.6 Å². The van der Waals surface area contributed by atoms with Crippen molar-refractivity contribution in [3.05, 3.63) is 71.9 Å². The molecule has 0 radical (unpaired) electrons. The molecule has 53 heavy (non-hydrogen) atoms. The number of rotatable bonds is 14. The Labute approximate surface area is 313 Å². The monoisotopic (exact) mass is 764 g/mol. The summed E-state index contributed by atoms with van der Waals surface area (Å²) in [6, 6.07) is 13.8. The summed E-state index contributed by atoms with van der Waals surface area (Å²) in [6.07, 6.45) is 7.62. The Morgan fingerprint density at radius 1 is 0.792 bits per heavy atom. The number of benzene rings is 2. The van der Waals surface area contributed by atoms with Gasteiger partial charge < -0.3 is 58.8 Å². The number of fused-ring (bicyclic) bond motifs is 1. The first kappa shape index (κ1) is 48.5. The molecule has 4 rings (SSSR count). The zero-order chi connectivity index (χ0) is 40.5. The second-order valence-electron chi connectivity index (χ2n) is 12.1. The van der Waals surface area contributed by atoms with Gasteiger partial charge in [0.2, 0.25) is 0 Å². The fourth-order valence-electron chi connectivity index (χ4n) is 4.34. The van der Waals surface area contributed by atoms with Gasteiger partial charge in [0.05, 0.1) is 0 Å². The molecule has 1 aliphatic rings. The molecule has 0 amide bonds. The van der Waals surface area contributed by atoms with Crippen LogP contribution >= 0.6 is 11.8 Å². The number of hydrogen-bond donors (Lipinski definition) is 11. The van der Waals surface area contributed by atoms with Crippen molar-refractivity contribution in [1.29, 1.82) is 0 Å². The van der Waals surface area contributed by atoms with Crippen LogP contribution in [0.3, 0.4) is 0 Å². The average molecular weight is 765 g/mol. The van der Waals surface area contributed by atoms with E-state index in [1.165, 1.54) is 0 Å². The smallest absolute Gasteiger partial charge is 0.320 e. The van der Waals surface area contributed by atoms with Crippen LogP contribution in [0.25, 0.3) is 10.9 Å². The summed E-state index contributed by atoms with van der Waals surface area (Å²) >= 11 is 1.60. The molecule has 2 heterocycles. The van der Waals surface area contributed by atoms with E-state index in [1.807, 2.05) is 80.9 Å². The largest absolute Gasteiger partial charge is 0.480 e. The molecule has 0 aliphatic carbocycles. The van der Waals surface area contributed by atoms with Gasteiger partial charge in [-0.15, -0.1) is 0 Å². The molecule has 0 bridgehead atoms. The summed E-state index contributed by atoms with van der Waals surface area (Å²) in [5.41, 5.74) is 24.2. The zero-order valence-electron chi connectivity index (χ0n) is 30.4. The number of carbonyl (C=O) groups is 5. The van der Waals surface area contributed by atoms with Crippen LogP contribution in [0, 0.1) is 5.92 Å². The zero-order valence-corrected chi connectivity index (χ0v) is 31.2. The molecule has 296 valence electrons. The third-order valence-electron chi connectivity index (χ3n) is 7.90. The van der Waals surface area contributed by atoms with Crippen molar-refractivity contribution < 1.29 is 49.5 Å². The number of nitrogens with one attached hydrogen (secondary N) is 2. The second kappa shape index (κ2) is 27.1. The maximum atomic E-state index is 10.6. The van der Waals surface area contributed by atoms with Gasteiger partial charge in [0.15, 0.2) is 0 Å². The molecule has 1 aromatic heterocycles. The number of aliphatic carboxylic acids is 5. The first-order valence-corrected chi connectivity index (χ1v) is 18.3. The lowest BCUT2D eigenvalue weighted by Crippen LogP contribution is -2.36. The lowest BCUT2D eigenvalue weighted by molar-refractivity contribution is -0.140. The van der Waals surface area contributed by atoms with Crippen LogP contribution < -0.4 is 28.3 Å². The Balaban J connectivity index is 0.000000653. The van der Waals surface area contributed by atoms with Crippen LogP contribution in [0.1, 0.15) is 50.7 Å². The third-order valence-corrected chi connectivity index (χ3v) is 8.54. The van der Waals surface area contributed by atoms with E-state index >= 15 is 0 Å². The van der Waals surface area contributed by atoms with E-state index < -0.39 is 54.0 Å². The van der Waals surface area contributed by atoms with Gasteiger partial charge >= 0.3 is 29.8 Å². The number of H-pyrrole nitrogens is 1. The van der Waals surface area contributed by atoms with E-state index in [1.54, 1.807) is 11.8 Å². The summed E-state index contributed by atoms with van der Waals surface area (Å²) in [7, 11) is 0. The standard InChI is InChI=1S/C11H12N2O2.C9H11NO2.C6H13NO2.C5H11NO2S.C5H9NO2/c12-9(11(14)15)5-7-6-13-10-4-2-1-3-8(7)10;10-8(9(11)12)6-7-4-2-1-3-5-7;1-3-4(2)5(7)6(8)9;1-9-3-2-4(6)5(7)8;7-5(8)4-2-1-3-6-4/h1-4,6,9,13H,5,12H2,(H,14,15);1-5,8H,6,10H2,(H,11,12);4-5H,3,7H2,1-2H3,(H,8,9);4H,2-3,6H2,1H3,(H,7,8);4,6H,1-3H2,(H,7,8)/t9-;8-;4-,5-;2*4-/m00000/s1. The van der Waals surface area contributed by atoms with Gasteiger partial charge in [-0.2, -0.15) is 11.8 Å². The number of hydrogen-bond acceptors (Lipinski definition) is 11. The lowest BCUT2D eigenvalue weighted by Gasteiger charge is -2.11. The van der Waals surface area contributed by atoms with Crippen molar-refractivity contribution in [2.24, 2.45) is 28.9 Å². The van der Waals surface area contributed by atoms with E-state index in [2.05, 4.69) is 10.3 Å². The second-order valence-corrected chi connectivity index (χ2v) is 13.1. The first-order valence-electron chi connectivity index (χ1n) is 16.9. The number of aromatic amines is 1. The first-order chi connectivity index (χ1) is 25.0. The molecule has 2 aromatic carbocycles. The summed E-state index contributed by atoms with van der Waals surface area (Å²) < 4.78 is 0. The van der Waals surface area contributed by atoms with Gasteiger partial charge in [-0.1, -0.05) is 68.8 Å². The van der Waals surface area contributed by atoms with Gasteiger partial charge in [-0.3, -0.25) is 24.0 Å². The van der Waals surface area contributed by atoms with Gasteiger partial charge in [0, 0.05) is 23.5 Å². The molecular weight excluding hydrogens is 708 g/mol. The van der Waals surface area contributed by atoms with Crippen LogP contribution in [-0.4, -0.2) is 109 Å². The number of thioether (sulfide) groups is 1. The minimum atomic E-state index is -0.972. The minimum absolute atomic E-state index is 0.0718. The van der Waals surface area contributed by atoms with Crippen LogP contribution in [0.5, 0.6) is 0 Å². The van der Waals surface area contributed by atoms with Crippen molar-refractivity contribution in [1.82, 2.24) is 10.3 Å². The quantitative estimate of drug-likeness (QED) is 0.112. The van der Waals surface area contributed by atoms with E-state index in [4.69, 9.17) is 48.5 Å². The van der Waals surface area contributed by atoms with E-state index in [-0.39, 0.29) is 12.0 Å². The summed E-state index contributed by atoms with van der Waals surface area (Å²) in [4.78, 5) is 54.5. The predicted octanol–water partition coefficient (Wildman–Crippen LogP) is 2.18. The van der Waals surface area contributed by atoms with Crippen molar-refractivity contribution in [2.75, 3.05) is 18.6 Å². The molecule has 3 aromatic rings. The number of carboxylic acids is 5. The highest BCUT2D eigenvalue weighted by Gasteiger charge is 2.20. The summed E-state index contributed by atoms with van der Waals surface area (Å²) in [6.45, 7) is 4.61. The number of aromatic nitrogens is 1. The van der Waals surface area contributed by atoms with Crippen LogP contribution in [0.4, 0.5) is 0 Å². The van der Waals surface area contributed by atoms with Crippen LogP contribution in [-0.2, 0) is 36.8 Å². The van der Waals surface area contributed by atoms with Gasteiger partial charge in [0.1, 0.15) is 30.2 Å². The van der Waals surface area contributed by atoms with Gasteiger partial charge in [-0.25, -0.2) is 0 Å². The molecule has 16 nitrogen and oxygen atoms in total. The molecule has 0 spiro atoms. The normalized spacial score (nSPS) is 15.8. The molecule has 1 aliphatic heterocycles. The minimum Gasteiger partial charge on any atom is -0.480 e. The maximum absolute atomic E-state index is 10.6. The number of carboxylic acid groups (broad SMARTS) is 5. The topological polar surface area (TPSA) is 318 Å². The highest BCUT2D eigenvalue weighted by atomic mass is 32.2. The summed E-state index contributed by atoms with van der Waals surface area (Å²) in [5.74, 6) is -3.59. The molecule has 1 fully saturated rings. The molecule has 17 heteroatoms.